The normalized spacial score (nSPS) is 10.1. The molecule has 0 aliphatic rings. The predicted molar refractivity (Wildman–Crippen MR) is 77.2 cm³/mol. The summed E-state index contributed by atoms with van der Waals surface area (Å²) in [4.78, 5) is 8.43. The Hall–Kier alpha value is -2.30. The van der Waals surface area contributed by atoms with E-state index in [4.69, 9.17) is 4.74 Å². The summed E-state index contributed by atoms with van der Waals surface area (Å²) in [5.41, 5.74) is 1.87. The molecule has 0 radical (unpaired) electrons. The van der Waals surface area contributed by atoms with Gasteiger partial charge in [-0.1, -0.05) is 12.1 Å². The van der Waals surface area contributed by atoms with Crippen molar-refractivity contribution in [2.75, 3.05) is 24.3 Å². The van der Waals surface area contributed by atoms with Gasteiger partial charge in [-0.05, 0) is 26.0 Å². The van der Waals surface area contributed by atoms with Crippen LogP contribution in [0, 0.1) is 6.92 Å². The number of benzene rings is 1. The highest BCUT2D eigenvalue weighted by molar-refractivity contribution is 5.68. The Kier molecular flexibility index (Phi) is 4.18. The number of para-hydroxylation sites is 2. The molecule has 0 unspecified atom stereocenters. The average Bonchev–Trinajstić information content (AvgIpc) is 2.43. The first-order valence-electron chi connectivity index (χ1n) is 6.24. The van der Waals surface area contributed by atoms with Gasteiger partial charge < -0.3 is 15.4 Å². The summed E-state index contributed by atoms with van der Waals surface area (Å²) in [5, 5.41) is 6.32. The number of nitrogens with one attached hydrogen (secondary N) is 2. The van der Waals surface area contributed by atoms with Crippen molar-refractivity contribution >= 4 is 17.3 Å². The lowest BCUT2D eigenvalue weighted by molar-refractivity contribution is 0.342. The third-order valence-corrected chi connectivity index (χ3v) is 2.76. The maximum atomic E-state index is 5.58. The van der Waals surface area contributed by atoms with Gasteiger partial charge in [-0.25, -0.2) is 9.97 Å². The van der Waals surface area contributed by atoms with Crippen LogP contribution in [-0.4, -0.2) is 23.6 Å². The molecule has 0 aliphatic heterocycles. The van der Waals surface area contributed by atoms with Crippen LogP contribution in [0.4, 0.5) is 17.3 Å². The highest BCUT2D eigenvalue weighted by Crippen LogP contribution is 2.28. The van der Waals surface area contributed by atoms with Crippen LogP contribution in [0.5, 0.6) is 5.75 Å². The maximum Gasteiger partial charge on any atom is 0.142 e. The Morgan fingerprint density at radius 1 is 1.16 bits per heavy atom. The number of ether oxygens (including phenoxy) is 1. The van der Waals surface area contributed by atoms with E-state index in [1.54, 1.807) is 0 Å². The summed E-state index contributed by atoms with van der Waals surface area (Å²) in [6, 6.07) is 7.80. The van der Waals surface area contributed by atoms with Crippen molar-refractivity contribution in [2.45, 2.75) is 13.8 Å². The molecule has 0 atom stereocenters. The molecule has 1 heterocycles. The average molecular weight is 258 g/mol. The van der Waals surface area contributed by atoms with E-state index in [9.17, 15) is 0 Å². The predicted octanol–water partition coefficient (Wildman–Crippen LogP) is 2.97. The molecule has 1 aromatic carbocycles. The molecule has 5 heteroatoms. The van der Waals surface area contributed by atoms with Gasteiger partial charge in [0.25, 0.3) is 0 Å². The Bertz CT molecular complexity index is 557. The van der Waals surface area contributed by atoms with Gasteiger partial charge in [0.2, 0.25) is 0 Å². The molecule has 0 spiro atoms. The number of nitrogens with zero attached hydrogens (tertiary/aromatic N) is 2. The SMILES string of the molecule is CCOc1ccccc1Nc1ncnc(NC)c1C. The van der Waals surface area contributed by atoms with E-state index < -0.39 is 0 Å². The van der Waals surface area contributed by atoms with Gasteiger partial charge in [-0.2, -0.15) is 0 Å². The third kappa shape index (κ3) is 2.93. The summed E-state index contributed by atoms with van der Waals surface area (Å²) < 4.78 is 5.58. The van der Waals surface area contributed by atoms with Crippen molar-refractivity contribution in [2.24, 2.45) is 0 Å². The molecule has 0 amide bonds. The van der Waals surface area contributed by atoms with Crippen molar-refractivity contribution in [3.05, 3.63) is 36.2 Å². The van der Waals surface area contributed by atoms with E-state index in [0.717, 1.165) is 28.6 Å². The standard InChI is InChI=1S/C14H18N4O/c1-4-19-12-8-6-5-7-11(12)18-14-10(2)13(15-3)16-9-17-14/h5-9H,4H2,1-3H3,(H2,15,16,17,18). The molecule has 2 aromatic rings. The second-order valence-corrected chi connectivity index (χ2v) is 4.00. The number of aromatic nitrogens is 2. The maximum absolute atomic E-state index is 5.58. The largest absolute Gasteiger partial charge is 0.492 e. The summed E-state index contributed by atoms with van der Waals surface area (Å²) in [6.07, 6.45) is 1.53. The molecule has 0 fully saturated rings. The third-order valence-electron chi connectivity index (χ3n) is 2.76. The first kappa shape index (κ1) is 13.1. The van der Waals surface area contributed by atoms with E-state index in [2.05, 4.69) is 20.6 Å². The number of rotatable bonds is 5. The molecule has 2 rings (SSSR count). The quantitative estimate of drug-likeness (QED) is 0.863. The van der Waals surface area contributed by atoms with E-state index in [1.165, 1.54) is 6.33 Å². The van der Waals surface area contributed by atoms with Crippen molar-refractivity contribution < 1.29 is 4.74 Å². The van der Waals surface area contributed by atoms with Crippen LogP contribution < -0.4 is 15.4 Å². The Morgan fingerprint density at radius 2 is 1.89 bits per heavy atom. The van der Waals surface area contributed by atoms with Gasteiger partial charge in [0.15, 0.2) is 0 Å². The molecule has 19 heavy (non-hydrogen) atoms. The van der Waals surface area contributed by atoms with Crippen LogP contribution in [0.25, 0.3) is 0 Å². The molecule has 0 saturated carbocycles. The fraction of sp³-hybridized carbons (Fsp3) is 0.286. The van der Waals surface area contributed by atoms with Gasteiger partial charge >= 0.3 is 0 Å². The van der Waals surface area contributed by atoms with Crippen LogP contribution in [0.3, 0.4) is 0 Å². The number of hydrogen-bond donors (Lipinski definition) is 2. The van der Waals surface area contributed by atoms with Gasteiger partial charge in [-0.15, -0.1) is 0 Å². The lowest BCUT2D eigenvalue weighted by Gasteiger charge is -2.14. The van der Waals surface area contributed by atoms with Gasteiger partial charge in [0.05, 0.1) is 12.3 Å². The lowest BCUT2D eigenvalue weighted by atomic mass is 10.2. The van der Waals surface area contributed by atoms with E-state index in [1.807, 2.05) is 45.2 Å². The van der Waals surface area contributed by atoms with Crippen molar-refractivity contribution in [1.82, 2.24) is 9.97 Å². The zero-order chi connectivity index (χ0) is 13.7. The molecule has 100 valence electrons. The summed E-state index contributed by atoms with van der Waals surface area (Å²) in [7, 11) is 1.84. The van der Waals surface area contributed by atoms with Crippen LogP contribution in [0.2, 0.25) is 0 Å². The molecule has 0 saturated heterocycles. The minimum Gasteiger partial charge on any atom is -0.492 e. The zero-order valence-corrected chi connectivity index (χ0v) is 11.4. The number of anilines is 3. The monoisotopic (exact) mass is 258 g/mol. The molecular weight excluding hydrogens is 240 g/mol. The van der Waals surface area contributed by atoms with Crippen LogP contribution in [0.15, 0.2) is 30.6 Å². The molecule has 2 N–H and O–H groups in total. The second-order valence-electron chi connectivity index (χ2n) is 4.00. The van der Waals surface area contributed by atoms with Crippen molar-refractivity contribution in [1.29, 1.82) is 0 Å². The summed E-state index contributed by atoms with van der Waals surface area (Å²) >= 11 is 0. The fourth-order valence-corrected chi connectivity index (χ4v) is 1.81. The molecule has 5 nitrogen and oxygen atoms in total. The van der Waals surface area contributed by atoms with E-state index in [0.29, 0.717) is 6.61 Å². The first-order chi connectivity index (χ1) is 9.26. The molecule has 0 bridgehead atoms. The highest BCUT2D eigenvalue weighted by Gasteiger charge is 2.08. The molecular formula is C14H18N4O. The van der Waals surface area contributed by atoms with E-state index >= 15 is 0 Å². The lowest BCUT2D eigenvalue weighted by Crippen LogP contribution is -2.04. The van der Waals surface area contributed by atoms with Gasteiger partial charge in [0, 0.05) is 12.6 Å². The zero-order valence-electron chi connectivity index (χ0n) is 11.4. The fourth-order valence-electron chi connectivity index (χ4n) is 1.81. The minimum atomic E-state index is 0.628. The van der Waals surface area contributed by atoms with Gasteiger partial charge in [-0.3, -0.25) is 0 Å². The summed E-state index contributed by atoms with van der Waals surface area (Å²) in [5.74, 6) is 2.40. The van der Waals surface area contributed by atoms with Crippen molar-refractivity contribution in [3.8, 4) is 5.75 Å². The van der Waals surface area contributed by atoms with Crippen LogP contribution >= 0.6 is 0 Å². The first-order valence-corrected chi connectivity index (χ1v) is 6.24. The Balaban J connectivity index is 2.31. The highest BCUT2D eigenvalue weighted by atomic mass is 16.5. The Labute approximate surface area is 113 Å². The van der Waals surface area contributed by atoms with Crippen LogP contribution in [0.1, 0.15) is 12.5 Å². The second kappa shape index (κ2) is 6.04. The van der Waals surface area contributed by atoms with E-state index in [-0.39, 0.29) is 0 Å². The van der Waals surface area contributed by atoms with Crippen LogP contribution in [-0.2, 0) is 0 Å². The smallest absolute Gasteiger partial charge is 0.142 e. The summed E-state index contributed by atoms with van der Waals surface area (Å²) in [6.45, 7) is 4.56. The minimum absolute atomic E-state index is 0.628. The topological polar surface area (TPSA) is 59.1 Å². The Morgan fingerprint density at radius 3 is 2.63 bits per heavy atom. The molecule has 1 aromatic heterocycles. The van der Waals surface area contributed by atoms with Crippen molar-refractivity contribution in [3.63, 3.8) is 0 Å². The number of hydrogen-bond acceptors (Lipinski definition) is 5. The van der Waals surface area contributed by atoms with Gasteiger partial charge in [0.1, 0.15) is 23.7 Å². The molecule has 0 aliphatic carbocycles.